The van der Waals surface area contributed by atoms with Gasteiger partial charge in [0.05, 0.1) is 24.0 Å². The maximum Gasteiger partial charge on any atom is 0.323 e. The van der Waals surface area contributed by atoms with Gasteiger partial charge in [-0.15, -0.1) is 0 Å². The summed E-state index contributed by atoms with van der Waals surface area (Å²) >= 11 is 0. The molecule has 1 fully saturated rings. The van der Waals surface area contributed by atoms with Crippen molar-refractivity contribution in [1.82, 2.24) is 20.4 Å². The smallest absolute Gasteiger partial charge is 0.316 e. The molecule has 4 heterocycles. The van der Waals surface area contributed by atoms with Crippen LogP contribution in [-0.4, -0.2) is 61.3 Å². The van der Waals surface area contributed by atoms with Gasteiger partial charge in [0.2, 0.25) is 5.91 Å². The van der Waals surface area contributed by atoms with Crippen molar-refractivity contribution in [3.05, 3.63) is 70.6 Å². The van der Waals surface area contributed by atoms with Gasteiger partial charge in [-0.25, -0.2) is 13.2 Å². The first-order valence-electron chi connectivity index (χ1n) is 11.3. The van der Waals surface area contributed by atoms with Gasteiger partial charge in [-0.2, -0.15) is 0 Å². The van der Waals surface area contributed by atoms with E-state index in [4.69, 9.17) is 0 Å². The van der Waals surface area contributed by atoms with Crippen molar-refractivity contribution >= 4 is 21.8 Å². The quantitative estimate of drug-likeness (QED) is 0.703. The molecule has 5 rings (SSSR count). The standard InChI is InChI=1S/C24H28N4O4S/c29-23(21-9-12-33(31,32)16-21)28-15-20(17-7-10-25-11-8-17)5-6-22(28)26-24(30)27-13-18-3-1-2-4-19(18)14-27/h1-7,21,25H,8-16H2,(H,26,30). The van der Waals surface area contributed by atoms with Crippen LogP contribution in [0.25, 0.3) is 0 Å². The van der Waals surface area contributed by atoms with Crippen LogP contribution in [0.2, 0.25) is 0 Å². The number of benzene rings is 1. The number of hydrogen-bond donors (Lipinski definition) is 2. The Labute approximate surface area is 193 Å². The Bertz CT molecular complexity index is 1160. The molecule has 1 atom stereocenters. The van der Waals surface area contributed by atoms with Crippen LogP contribution in [0.1, 0.15) is 24.0 Å². The number of hydrogen-bond acceptors (Lipinski definition) is 5. The summed E-state index contributed by atoms with van der Waals surface area (Å²) in [6.45, 7) is 3.02. The zero-order chi connectivity index (χ0) is 23.0. The van der Waals surface area contributed by atoms with Crippen LogP contribution in [0.15, 0.2) is 59.5 Å². The number of nitrogens with zero attached hydrogens (tertiary/aromatic N) is 2. The fourth-order valence-electron chi connectivity index (χ4n) is 4.88. The summed E-state index contributed by atoms with van der Waals surface area (Å²) in [6.07, 6.45) is 7.04. The number of carbonyl (C=O) groups excluding carboxylic acids is 2. The fourth-order valence-corrected chi connectivity index (χ4v) is 6.61. The van der Waals surface area contributed by atoms with Gasteiger partial charge >= 0.3 is 6.03 Å². The van der Waals surface area contributed by atoms with E-state index in [1.165, 1.54) is 5.57 Å². The first-order valence-corrected chi connectivity index (χ1v) is 13.2. The molecule has 1 aromatic rings. The molecule has 174 valence electrons. The Morgan fingerprint density at radius 2 is 1.79 bits per heavy atom. The molecule has 3 amide bonds. The second kappa shape index (κ2) is 8.79. The van der Waals surface area contributed by atoms with Crippen LogP contribution in [0.3, 0.4) is 0 Å². The highest BCUT2D eigenvalue weighted by atomic mass is 32.2. The van der Waals surface area contributed by atoms with Crippen LogP contribution in [0.4, 0.5) is 4.79 Å². The topological polar surface area (TPSA) is 98.8 Å². The highest BCUT2D eigenvalue weighted by molar-refractivity contribution is 7.91. The van der Waals surface area contributed by atoms with Gasteiger partial charge in [0.15, 0.2) is 9.84 Å². The van der Waals surface area contributed by atoms with Gasteiger partial charge in [-0.3, -0.25) is 15.0 Å². The predicted octanol–water partition coefficient (Wildman–Crippen LogP) is 1.68. The zero-order valence-corrected chi connectivity index (χ0v) is 19.2. The Hall–Kier alpha value is -2.91. The predicted molar refractivity (Wildman–Crippen MR) is 124 cm³/mol. The second-order valence-corrected chi connectivity index (χ2v) is 11.2. The highest BCUT2D eigenvalue weighted by Crippen LogP contribution is 2.28. The minimum Gasteiger partial charge on any atom is -0.316 e. The number of fused-ring (bicyclic) bond motifs is 1. The molecule has 4 aliphatic heterocycles. The van der Waals surface area contributed by atoms with E-state index < -0.39 is 15.8 Å². The summed E-state index contributed by atoms with van der Waals surface area (Å²) in [4.78, 5) is 29.7. The Kier molecular flexibility index (Phi) is 5.84. The van der Waals surface area contributed by atoms with E-state index in [0.717, 1.165) is 36.2 Å². The SMILES string of the molecule is O=C(NC1=CC=C(C2=CCNCC2)CN1C(=O)C1CCS(=O)(=O)C1)N1Cc2ccccc2C1. The number of nitrogens with one attached hydrogen (secondary N) is 2. The molecule has 0 aliphatic carbocycles. The Morgan fingerprint density at radius 3 is 2.42 bits per heavy atom. The maximum absolute atomic E-state index is 13.4. The van der Waals surface area contributed by atoms with E-state index in [1.807, 2.05) is 30.3 Å². The van der Waals surface area contributed by atoms with Crippen molar-refractivity contribution in [3.63, 3.8) is 0 Å². The lowest BCUT2D eigenvalue weighted by Crippen LogP contribution is -2.47. The fraction of sp³-hybridized carbons (Fsp3) is 0.417. The normalized spacial score (nSPS) is 24.0. The first-order chi connectivity index (χ1) is 15.9. The summed E-state index contributed by atoms with van der Waals surface area (Å²) in [6, 6.07) is 7.68. The molecule has 2 N–H and O–H groups in total. The van der Waals surface area contributed by atoms with Gasteiger partial charge in [0.25, 0.3) is 0 Å². The van der Waals surface area contributed by atoms with Crippen LogP contribution in [-0.2, 0) is 27.7 Å². The molecule has 1 saturated heterocycles. The number of carbonyl (C=O) groups is 2. The molecule has 4 aliphatic rings. The lowest BCUT2D eigenvalue weighted by atomic mass is 9.96. The third-order valence-corrected chi connectivity index (χ3v) is 8.52. The Morgan fingerprint density at radius 1 is 1.03 bits per heavy atom. The maximum atomic E-state index is 13.4. The summed E-state index contributed by atoms with van der Waals surface area (Å²) in [5, 5.41) is 6.21. The zero-order valence-electron chi connectivity index (χ0n) is 18.4. The summed E-state index contributed by atoms with van der Waals surface area (Å²) in [5.41, 5.74) is 4.45. The highest BCUT2D eigenvalue weighted by Gasteiger charge is 2.38. The van der Waals surface area contributed by atoms with Gasteiger partial charge in [-0.05, 0) is 47.7 Å². The van der Waals surface area contributed by atoms with Crippen molar-refractivity contribution in [2.45, 2.75) is 25.9 Å². The number of rotatable bonds is 3. The van der Waals surface area contributed by atoms with Crippen molar-refractivity contribution in [2.24, 2.45) is 5.92 Å². The summed E-state index contributed by atoms with van der Waals surface area (Å²) < 4.78 is 24.0. The third-order valence-electron chi connectivity index (χ3n) is 6.75. The minimum absolute atomic E-state index is 0.0359. The second-order valence-electron chi connectivity index (χ2n) is 9.01. The van der Waals surface area contributed by atoms with Crippen LogP contribution in [0.5, 0.6) is 0 Å². The van der Waals surface area contributed by atoms with Crippen molar-refractivity contribution in [2.75, 3.05) is 31.1 Å². The van der Waals surface area contributed by atoms with E-state index in [0.29, 0.717) is 31.9 Å². The molecule has 1 aromatic carbocycles. The van der Waals surface area contributed by atoms with Crippen LogP contribution in [0, 0.1) is 5.92 Å². The number of amides is 3. The van der Waals surface area contributed by atoms with Crippen molar-refractivity contribution < 1.29 is 18.0 Å². The van der Waals surface area contributed by atoms with Gasteiger partial charge < -0.3 is 10.2 Å². The number of sulfone groups is 1. The molecule has 33 heavy (non-hydrogen) atoms. The average Bonchev–Trinajstić information content (AvgIpc) is 3.42. The average molecular weight is 469 g/mol. The van der Waals surface area contributed by atoms with Crippen LogP contribution >= 0.6 is 0 Å². The number of urea groups is 1. The van der Waals surface area contributed by atoms with Gasteiger partial charge in [0.1, 0.15) is 5.82 Å². The van der Waals surface area contributed by atoms with Crippen molar-refractivity contribution in [1.29, 1.82) is 0 Å². The summed E-state index contributed by atoms with van der Waals surface area (Å²) in [7, 11) is -3.19. The largest absolute Gasteiger partial charge is 0.323 e. The lowest BCUT2D eigenvalue weighted by molar-refractivity contribution is -0.132. The van der Waals surface area contributed by atoms with Crippen LogP contribution < -0.4 is 10.6 Å². The number of allylic oxidation sites excluding steroid dienone is 2. The molecule has 0 bridgehead atoms. The first kappa shape index (κ1) is 21.9. The van der Waals surface area contributed by atoms with E-state index in [-0.39, 0.29) is 23.4 Å². The molecular weight excluding hydrogens is 440 g/mol. The Balaban J connectivity index is 1.36. The van der Waals surface area contributed by atoms with E-state index in [1.54, 1.807) is 15.9 Å². The lowest BCUT2D eigenvalue weighted by Gasteiger charge is -2.33. The molecule has 8 nitrogen and oxygen atoms in total. The molecular formula is C24H28N4O4S. The molecule has 0 aromatic heterocycles. The van der Waals surface area contributed by atoms with E-state index in [2.05, 4.69) is 16.7 Å². The molecule has 1 unspecified atom stereocenters. The van der Waals surface area contributed by atoms with Gasteiger partial charge in [0, 0.05) is 19.6 Å². The van der Waals surface area contributed by atoms with E-state index >= 15 is 0 Å². The molecule has 0 saturated carbocycles. The van der Waals surface area contributed by atoms with E-state index in [9.17, 15) is 18.0 Å². The molecule has 0 radical (unpaired) electrons. The molecule has 0 spiro atoms. The van der Waals surface area contributed by atoms with Gasteiger partial charge in [-0.1, -0.05) is 36.4 Å². The third kappa shape index (κ3) is 4.60. The monoisotopic (exact) mass is 468 g/mol. The minimum atomic E-state index is -3.19. The molecule has 9 heteroatoms. The summed E-state index contributed by atoms with van der Waals surface area (Å²) in [5.74, 6) is -0.506. The van der Waals surface area contributed by atoms with Crippen molar-refractivity contribution in [3.8, 4) is 0 Å².